The topological polar surface area (TPSA) is 3.24 Å². The van der Waals surface area contributed by atoms with Gasteiger partial charge in [0.25, 0.3) is 0 Å². The Labute approximate surface area is 104 Å². The van der Waals surface area contributed by atoms with Gasteiger partial charge in [-0.2, -0.15) is 0 Å². The Morgan fingerprint density at radius 2 is 1.87 bits per heavy atom. The molecule has 1 aliphatic carbocycles. The fourth-order valence-electron chi connectivity index (χ4n) is 2.76. The molecule has 15 heavy (non-hydrogen) atoms. The van der Waals surface area contributed by atoms with Crippen molar-refractivity contribution in [1.82, 2.24) is 4.90 Å². The van der Waals surface area contributed by atoms with Crippen molar-refractivity contribution < 1.29 is 0 Å². The van der Waals surface area contributed by atoms with Gasteiger partial charge in [-0.25, -0.2) is 0 Å². The maximum Gasteiger partial charge on any atom is 0.0100 e. The van der Waals surface area contributed by atoms with E-state index in [9.17, 15) is 0 Å². The van der Waals surface area contributed by atoms with Crippen molar-refractivity contribution >= 4 is 15.9 Å². The first kappa shape index (κ1) is 13.5. The van der Waals surface area contributed by atoms with Gasteiger partial charge in [0, 0.05) is 18.4 Å². The first-order valence-corrected chi connectivity index (χ1v) is 7.52. The van der Waals surface area contributed by atoms with Gasteiger partial charge in [0.15, 0.2) is 0 Å². The third-order valence-corrected chi connectivity index (χ3v) is 4.77. The van der Waals surface area contributed by atoms with Crippen molar-refractivity contribution in [1.29, 1.82) is 0 Å². The Hall–Kier alpha value is 0.440. The molecule has 1 aliphatic rings. The van der Waals surface area contributed by atoms with Gasteiger partial charge in [-0.1, -0.05) is 49.5 Å². The molecule has 0 heterocycles. The van der Waals surface area contributed by atoms with E-state index in [0.717, 1.165) is 5.92 Å². The second-order valence-electron chi connectivity index (χ2n) is 5.56. The fourth-order valence-corrected chi connectivity index (χ4v) is 3.49. The van der Waals surface area contributed by atoms with E-state index in [-0.39, 0.29) is 0 Å². The molecule has 1 nitrogen and oxygen atoms in total. The van der Waals surface area contributed by atoms with Crippen LogP contribution >= 0.6 is 15.9 Å². The number of hydrogen-bond acceptors (Lipinski definition) is 1. The van der Waals surface area contributed by atoms with E-state index in [1.807, 2.05) is 0 Å². The predicted molar refractivity (Wildman–Crippen MR) is 71.6 cm³/mol. The second kappa shape index (κ2) is 6.24. The Morgan fingerprint density at radius 3 is 2.27 bits per heavy atom. The quantitative estimate of drug-likeness (QED) is 0.665. The highest BCUT2D eigenvalue weighted by molar-refractivity contribution is 9.09. The molecule has 1 saturated carbocycles. The van der Waals surface area contributed by atoms with Crippen LogP contribution in [0.2, 0.25) is 0 Å². The lowest BCUT2D eigenvalue weighted by molar-refractivity contribution is 0.164. The van der Waals surface area contributed by atoms with Crippen LogP contribution in [0.5, 0.6) is 0 Å². The zero-order valence-corrected chi connectivity index (χ0v) is 12.1. The standard InChI is InChI=1S/C13H26BrN/c1-4-15(9-12(2)3)11-13(10-14)7-5-6-8-13/h12H,4-11H2,1-3H3. The van der Waals surface area contributed by atoms with E-state index >= 15 is 0 Å². The lowest BCUT2D eigenvalue weighted by Gasteiger charge is -2.34. The van der Waals surface area contributed by atoms with Gasteiger partial charge in [-0.05, 0) is 30.7 Å². The van der Waals surface area contributed by atoms with Gasteiger partial charge in [0.2, 0.25) is 0 Å². The molecule has 0 radical (unpaired) electrons. The molecule has 0 aromatic rings. The van der Waals surface area contributed by atoms with Crippen LogP contribution < -0.4 is 0 Å². The number of hydrogen-bond donors (Lipinski definition) is 0. The summed E-state index contributed by atoms with van der Waals surface area (Å²) in [5.41, 5.74) is 0.588. The molecule has 1 rings (SSSR count). The van der Waals surface area contributed by atoms with Crippen LogP contribution in [-0.2, 0) is 0 Å². The third kappa shape index (κ3) is 4.07. The van der Waals surface area contributed by atoms with Crippen LogP contribution in [0.1, 0.15) is 46.5 Å². The molecular formula is C13H26BrN. The van der Waals surface area contributed by atoms with E-state index in [2.05, 4.69) is 41.6 Å². The molecular weight excluding hydrogens is 250 g/mol. The van der Waals surface area contributed by atoms with Gasteiger partial charge in [0.1, 0.15) is 0 Å². The summed E-state index contributed by atoms with van der Waals surface area (Å²) in [6, 6.07) is 0. The molecule has 90 valence electrons. The Bertz CT molecular complexity index is 173. The maximum atomic E-state index is 3.73. The van der Waals surface area contributed by atoms with Gasteiger partial charge in [-0.15, -0.1) is 0 Å². The highest BCUT2D eigenvalue weighted by atomic mass is 79.9. The lowest BCUT2D eigenvalue weighted by Crippen LogP contribution is -2.39. The molecule has 0 amide bonds. The molecule has 1 fully saturated rings. The molecule has 0 aromatic heterocycles. The number of nitrogens with zero attached hydrogens (tertiary/aromatic N) is 1. The smallest absolute Gasteiger partial charge is 0.0100 e. The number of halogens is 1. The molecule has 0 bridgehead atoms. The third-order valence-electron chi connectivity index (χ3n) is 3.58. The van der Waals surface area contributed by atoms with Crippen LogP contribution in [0, 0.1) is 11.3 Å². The highest BCUT2D eigenvalue weighted by Crippen LogP contribution is 2.40. The molecule has 0 N–H and O–H groups in total. The minimum Gasteiger partial charge on any atom is -0.303 e. The summed E-state index contributed by atoms with van der Waals surface area (Å²) in [5.74, 6) is 0.790. The van der Waals surface area contributed by atoms with Crippen molar-refractivity contribution in [2.24, 2.45) is 11.3 Å². The van der Waals surface area contributed by atoms with Crippen molar-refractivity contribution in [3.63, 3.8) is 0 Å². The largest absolute Gasteiger partial charge is 0.303 e. The monoisotopic (exact) mass is 275 g/mol. The molecule has 0 spiro atoms. The van der Waals surface area contributed by atoms with E-state index < -0.39 is 0 Å². The van der Waals surface area contributed by atoms with Crippen molar-refractivity contribution in [3.05, 3.63) is 0 Å². The first-order valence-electron chi connectivity index (χ1n) is 6.40. The predicted octanol–water partition coefficient (Wildman–Crippen LogP) is 3.92. The molecule has 0 aromatic carbocycles. The van der Waals surface area contributed by atoms with Crippen LogP contribution in [0.4, 0.5) is 0 Å². The average molecular weight is 276 g/mol. The molecule has 2 heteroatoms. The number of rotatable bonds is 6. The van der Waals surface area contributed by atoms with Crippen LogP contribution in [0.25, 0.3) is 0 Å². The SMILES string of the molecule is CCN(CC(C)C)CC1(CBr)CCCC1. The second-order valence-corrected chi connectivity index (χ2v) is 6.12. The van der Waals surface area contributed by atoms with E-state index in [1.165, 1.54) is 50.6 Å². The molecule has 0 atom stereocenters. The first-order chi connectivity index (χ1) is 7.12. The van der Waals surface area contributed by atoms with Gasteiger partial charge >= 0.3 is 0 Å². The van der Waals surface area contributed by atoms with E-state index in [1.54, 1.807) is 0 Å². The minimum atomic E-state index is 0.588. The van der Waals surface area contributed by atoms with Crippen LogP contribution in [-0.4, -0.2) is 29.9 Å². The van der Waals surface area contributed by atoms with Crippen molar-refractivity contribution in [3.8, 4) is 0 Å². The van der Waals surface area contributed by atoms with Gasteiger partial charge in [0.05, 0.1) is 0 Å². The molecule has 0 saturated heterocycles. The van der Waals surface area contributed by atoms with Gasteiger partial charge < -0.3 is 4.90 Å². The average Bonchev–Trinajstić information content (AvgIpc) is 2.65. The zero-order valence-electron chi connectivity index (χ0n) is 10.6. The fraction of sp³-hybridized carbons (Fsp3) is 1.00. The minimum absolute atomic E-state index is 0.588. The highest BCUT2D eigenvalue weighted by Gasteiger charge is 2.34. The molecule has 0 aliphatic heterocycles. The summed E-state index contributed by atoms with van der Waals surface area (Å²) in [6.07, 6.45) is 5.72. The summed E-state index contributed by atoms with van der Waals surface area (Å²) in [5, 5.41) is 1.19. The Kier molecular flexibility index (Phi) is 5.62. The summed E-state index contributed by atoms with van der Waals surface area (Å²) < 4.78 is 0. The summed E-state index contributed by atoms with van der Waals surface area (Å²) in [4.78, 5) is 2.64. The summed E-state index contributed by atoms with van der Waals surface area (Å²) in [7, 11) is 0. The maximum absolute atomic E-state index is 3.73. The molecule has 0 unspecified atom stereocenters. The van der Waals surface area contributed by atoms with Crippen molar-refractivity contribution in [2.45, 2.75) is 46.5 Å². The Morgan fingerprint density at radius 1 is 1.27 bits per heavy atom. The summed E-state index contributed by atoms with van der Waals surface area (Å²) >= 11 is 3.73. The Balaban J connectivity index is 2.48. The van der Waals surface area contributed by atoms with Crippen LogP contribution in [0.15, 0.2) is 0 Å². The van der Waals surface area contributed by atoms with Crippen molar-refractivity contribution in [2.75, 3.05) is 25.0 Å². The lowest BCUT2D eigenvalue weighted by atomic mass is 9.88. The zero-order chi connectivity index (χ0) is 11.3. The van der Waals surface area contributed by atoms with E-state index in [0.29, 0.717) is 5.41 Å². The number of alkyl halides is 1. The summed E-state index contributed by atoms with van der Waals surface area (Å²) in [6.45, 7) is 10.7. The van der Waals surface area contributed by atoms with Gasteiger partial charge in [-0.3, -0.25) is 0 Å². The van der Waals surface area contributed by atoms with Crippen LogP contribution in [0.3, 0.4) is 0 Å². The normalized spacial score (nSPS) is 20.4. The van der Waals surface area contributed by atoms with E-state index in [4.69, 9.17) is 0 Å².